The zero-order chi connectivity index (χ0) is 20.3. The fourth-order valence-corrected chi connectivity index (χ4v) is 3.65. The van der Waals surface area contributed by atoms with Crippen LogP contribution in [-0.2, 0) is 16.1 Å². The molecule has 0 aliphatic heterocycles. The summed E-state index contributed by atoms with van der Waals surface area (Å²) in [5, 5.41) is 9.26. The molecule has 0 aliphatic rings. The minimum atomic E-state index is -1.09. The van der Waals surface area contributed by atoms with Gasteiger partial charge in [0.15, 0.2) is 11.6 Å². The number of fused-ring (bicyclic) bond motifs is 1. The Morgan fingerprint density at radius 2 is 1.93 bits per heavy atom. The van der Waals surface area contributed by atoms with Crippen molar-refractivity contribution < 1.29 is 28.2 Å². The van der Waals surface area contributed by atoms with E-state index in [0.717, 1.165) is 17.4 Å². The highest BCUT2D eigenvalue weighted by atomic mass is 32.1. The van der Waals surface area contributed by atoms with Crippen LogP contribution in [0.25, 0.3) is 10.2 Å². The fraction of sp³-hybridized carbons (Fsp3) is 0.211. The van der Waals surface area contributed by atoms with Crippen LogP contribution in [0.5, 0.6) is 5.75 Å². The first-order valence-electron chi connectivity index (χ1n) is 8.29. The van der Waals surface area contributed by atoms with Crippen LogP contribution in [0.4, 0.5) is 14.5 Å². The molecule has 3 rings (SSSR count). The third-order valence-corrected chi connectivity index (χ3v) is 5.02. The quantitative estimate of drug-likeness (QED) is 0.642. The number of carboxylic acids is 1. The average Bonchev–Trinajstić information content (AvgIpc) is 3.10. The number of hydrogen-bond acceptors (Lipinski definition) is 5. The van der Waals surface area contributed by atoms with E-state index in [1.165, 1.54) is 18.1 Å². The van der Waals surface area contributed by atoms with E-state index in [1.807, 2.05) is 0 Å². The number of carboxylic acid groups (broad SMARTS) is 1. The molecular weight excluding hydrogens is 390 g/mol. The molecule has 1 N–H and O–H groups in total. The van der Waals surface area contributed by atoms with Crippen LogP contribution in [0.15, 0.2) is 36.4 Å². The van der Waals surface area contributed by atoms with Gasteiger partial charge in [-0.05, 0) is 24.3 Å². The maximum atomic E-state index is 14.0. The molecule has 0 saturated heterocycles. The summed E-state index contributed by atoms with van der Waals surface area (Å²) in [7, 11) is 1.45. The van der Waals surface area contributed by atoms with Gasteiger partial charge in [0.25, 0.3) is 0 Å². The lowest BCUT2D eigenvalue weighted by atomic mass is 10.2. The summed E-state index contributed by atoms with van der Waals surface area (Å²) < 4.78 is 33.2. The van der Waals surface area contributed by atoms with Crippen molar-refractivity contribution in [3.63, 3.8) is 0 Å². The van der Waals surface area contributed by atoms with E-state index in [0.29, 0.717) is 21.1 Å². The second-order valence-electron chi connectivity index (χ2n) is 5.86. The molecule has 2 aromatic carbocycles. The predicted molar refractivity (Wildman–Crippen MR) is 101 cm³/mol. The molecule has 1 amide bonds. The molecule has 146 valence electrons. The molecule has 6 nitrogen and oxygen atoms in total. The summed E-state index contributed by atoms with van der Waals surface area (Å²) in [5.74, 6) is -3.15. The van der Waals surface area contributed by atoms with Crippen molar-refractivity contribution in [2.24, 2.45) is 0 Å². The van der Waals surface area contributed by atoms with Crippen molar-refractivity contribution >= 4 is 39.1 Å². The monoisotopic (exact) mass is 406 g/mol. The maximum absolute atomic E-state index is 14.0. The smallest absolute Gasteiger partial charge is 0.303 e. The molecule has 0 radical (unpaired) electrons. The van der Waals surface area contributed by atoms with E-state index in [-0.39, 0.29) is 24.9 Å². The number of carbonyl (C=O) groups excluding carboxylic acids is 1. The Morgan fingerprint density at radius 3 is 2.64 bits per heavy atom. The molecule has 1 aromatic heterocycles. The van der Waals surface area contributed by atoms with Crippen LogP contribution in [-0.4, -0.2) is 29.1 Å². The predicted octanol–water partition coefficient (Wildman–Crippen LogP) is 3.98. The number of rotatable bonds is 7. The van der Waals surface area contributed by atoms with Gasteiger partial charge in [-0.1, -0.05) is 12.1 Å². The largest absolute Gasteiger partial charge is 0.495 e. The molecule has 28 heavy (non-hydrogen) atoms. The fourth-order valence-electron chi connectivity index (χ4n) is 2.70. The summed E-state index contributed by atoms with van der Waals surface area (Å²) in [6.45, 7) is -0.0285. The van der Waals surface area contributed by atoms with Crippen molar-refractivity contribution in [3.8, 4) is 5.75 Å². The summed E-state index contributed by atoms with van der Waals surface area (Å²) in [6, 6.07) is 9.22. The number of aromatic nitrogens is 1. The van der Waals surface area contributed by atoms with E-state index in [9.17, 15) is 18.4 Å². The summed E-state index contributed by atoms with van der Waals surface area (Å²) in [6.07, 6.45) is -0.550. The molecule has 0 fully saturated rings. The second-order valence-corrected chi connectivity index (χ2v) is 6.98. The normalized spacial score (nSPS) is 10.8. The van der Waals surface area contributed by atoms with Crippen molar-refractivity contribution in [1.82, 2.24) is 4.98 Å². The highest BCUT2D eigenvalue weighted by Crippen LogP contribution is 2.32. The molecular formula is C19H16F2N2O4S. The summed E-state index contributed by atoms with van der Waals surface area (Å²) >= 11 is 1.13. The van der Waals surface area contributed by atoms with E-state index >= 15 is 0 Å². The Hall–Kier alpha value is -3.07. The van der Waals surface area contributed by atoms with Crippen LogP contribution < -0.4 is 9.64 Å². The first-order chi connectivity index (χ1) is 13.4. The van der Waals surface area contributed by atoms with Crippen LogP contribution in [0.1, 0.15) is 17.8 Å². The lowest BCUT2D eigenvalue weighted by molar-refractivity contribution is -0.138. The third-order valence-electron chi connectivity index (χ3n) is 4.02. The number of nitrogens with zero attached hydrogens (tertiary/aromatic N) is 2. The Labute approximate surface area is 163 Å². The van der Waals surface area contributed by atoms with Crippen molar-refractivity contribution in [3.05, 3.63) is 53.0 Å². The van der Waals surface area contributed by atoms with Gasteiger partial charge in [0.2, 0.25) is 5.91 Å². The van der Waals surface area contributed by atoms with Crippen LogP contribution in [0.2, 0.25) is 0 Å². The van der Waals surface area contributed by atoms with E-state index in [2.05, 4.69) is 4.98 Å². The Kier molecular flexibility index (Phi) is 5.84. The lowest BCUT2D eigenvalue weighted by Gasteiger charge is -2.23. The van der Waals surface area contributed by atoms with Gasteiger partial charge in [0.05, 0.1) is 30.5 Å². The van der Waals surface area contributed by atoms with Gasteiger partial charge < -0.3 is 14.7 Å². The Balaban J connectivity index is 1.98. The van der Waals surface area contributed by atoms with Crippen molar-refractivity contribution in [1.29, 1.82) is 0 Å². The minimum Gasteiger partial charge on any atom is -0.495 e. The maximum Gasteiger partial charge on any atom is 0.303 e. The molecule has 0 unspecified atom stereocenters. The number of ether oxygens (including phenoxy) is 1. The highest BCUT2D eigenvalue weighted by Gasteiger charge is 2.22. The Bertz CT molecular complexity index is 1040. The van der Waals surface area contributed by atoms with Crippen molar-refractivity contribution in [2.75, 3.05) is 12.0 Å². The van der Waals surface area contributed by atoms with Crippen LogP contribution >= 0.6 is 11.3 Å². The molecule has 0 atom stereocenters. The Morgan fingerprint density at radius 1 is 1.18 bits per heavy atom. The number of amides is 1. The third kappa shape index (κ3) is 4.09. The molecule has 0 spiro atoms. The van der Waals surface area contributed by atoms with Gasteiger partial charge in [-0.2, -0.15) is 0 Å². The summed E-state index contributed by atoms with van der Waals surface area (Å²) in [4.78, 5) is 29.0. The summed E-state index contributed by atoms with van der Waals surface area (Å²) in [5.41, 5.74) is 0.337. The molecule has 0 aliphatic carbocycles. The molecule has 0 saturated carbocycles. The van der Waals surface area contributed by atoms with E-state index in [4.69, 9.17) is 9.84 Å². The van der Waals surface area contributed by atoms with Gasteiger partial charge in [-0.25, -0.2) is 13.8 Å². The standard InChI is InChI=1S/C19H16F2N2O4S/c1-27-13-5-3-2-4-12(13)23(16(24)8-9-17(25)26)10-15-22-19-14(28-15)7-6-11(20)18(19)21/h2-7H,8-10H2,1H3,(H,25,26). The van der Waals surface area contributed by atoms with E-state index in [1.54, 1.807) is 24.3 Å². The molecule has 1 heterocycles. The zero-order valence-electron chi connectivity index (χ0n) is 14.8. The average molecular weight is 406 g/mol. The van der Waals surface area contributed by atoms with Crippen molar-refractivity contribution in [2.45, 2.75) is 19.4 Å². The van der Waals surface area contributed by atoms with Gasteiger partial charge in [0, 0.05) is 6.42 Å². The highest BCUT2D eigenvalue weighted by molar-refractivity contribution is 7.18. The molecule has 9 heteroatoms. The number of anilines is 1. The number of aliphatic carboxylic acids is 1. The number of methoxy groups -OCH3 is 1. The molecule has 3 aromatic rings. The van der Waals surface area contributed by atoms with Gasteiger partial charge in [-0.3, -0.25) is 9.59 Å². The minimum absolute atomic E-state index is 0.0285. The van der Waals surface area contributed by atoms with Crippen LogP contribution in [0, 0.1) is 11.6 Å². The van der Waals surface area contributed by atoms with Gasteiger partial charge in [0.1, 0.15) is 16.3 Å². The number of para-hydroxylation sites is 2. The topological polar surface area (TPSA) is 79.7 Å². The second kappa shape index (κ2) is 8.30. The SMILES string of the molecule is COc1ccccc1N(Cc1nc2c(F)c(F)ccc2s1)C(=O)CCC(=O)O. The number of thiazole rings is 1. The number of hydrogen-bond donors (Lipinski definition) is 1. The lowest BCUT2D eigenvalue weighted by Crippen LogP contribution is -2.31. The van der Waals surface area contributed by atoms with Crippen LogP contribution in [0.3, 0.4) is 0 Å². The van der Waals surface area contributed by atoms with Gasteiger partial charge >= 0.3 is 5.97 Å². The number of halogens is 2. The number of benzene rings is 2. The number of carbonyl (C=O) groups is 2. The zero-order valence-corrected chi connectivity index (χ0v) is 15.6. The molecule has 0 bridgehead atoms. The van der Waals surface area contributed by atoms with Gasteiger partial charge in [-0.15, -0.1) is 11.3 Å². The first kappa shape index (κ1) is 19.7. The van der Waals surface area contributed by atoms with E-state index < -0.39 is 23.5 Å². The first-order valence-corrected chi connectivity index (χ1v) is 9.11.